The number of benzene rings is 4. The van der Waals surface area contributed by atoms with Gasteiger partial charge >= 0.3 is 12.1 Å². The van der Waals surface area contributed by atoms with Crippen molar-refractivity contribution in [1.29, 1.82) is 0 Å². The maximum atomic E-state index is 14.7. The third-order valence-corrected chi connectivity index (χ3v) is 9.31. The molecule has 0 radical (unpaired) electrons. The molecule has 0 unspecified atom stereocenters. The number of hydrogen-bond donors (Lipinski definition) is 2. The highest BCUT2D eigenvalue weighted by molar-refractivity contribution is 7.94. The molecule has 40 heavy (non-hydrogen) atoms. The molecular weight excluding hydrogens is 568 g/mol. The van der Waals surface area contributed by atoms with E-state index in [2.05, 4.69) is 9.71 Å². The summed E-state index contributed by atoms with van der Waals surface area (Å²) in [7, 11) is -4.18. The Hall–Kier alpha value is -4.29. The zero-order valence-corrected chi connectivity index (χ0v) is 22.1. The average molecular weight is 587 g/mol. The molecule has 204 valence electrons. The molecule has 0 spiro atoms. The van der Waals surface area contributed by atoms with E-state index in [1.807, 2.05) is 0 Å². The van der Waals surface area contributed by atoms with E-state index in [1.165, 1.54) is 37.3 Å². The summed E-state index contributed by atoms with van der Waals surface area (Å²) < 4.78 is 82.7. The number of alkyl halides is 3. The van der Waals surface area contributed by atoms with E-state index in [1.54, 1.807) is 24.3 Å². The van der Waals surface area contributed by atoms with E-state index in [0.29, 0.717) is 21.9 Å². The molecule has 2 N–H and O–H groups in total. The Bertz CT molecular complexity index is 1880. The first-order valence-electron chi connectivity index (χ1n) is 11.6. The van der Waals surface area contributed by atoms with Gasteiger partial charge in [-0.15, -0.1) is 11.3 Å². The maximum Gasteiger partial charge on any atom is 0.416 e. The smallest absolute Gasteiger partial charge is 0.416 e. The van der Waals surface area contributed by atoms with Gasteiger partial charge in [-0.05, 0) is 54.3 Å². The van der Waals surface area contributed by atoms with Gasteiger partial charge in [-0.2, -0.15) is 13.2 Å². The van der Waals surface area contributed by atoms with Crippen LogP contribution in [0, 0.1) is 12.7 Å². The number of halogens is 4. The lowest BCUT2D eigenvalue weighted by atomic mass is 9.95. The number of thiazole rings is 1. The molecule has 4 aromatic carbocycles. The third-order valence-electron chi connectivity index (χ3n) is 6.13. The molecule has 1 heterocycles. The van der Waals surface area contributed by atoms with Crippen LogP contribution in [0.2, 0.25) is 0 Å². The lowest BCUT2D eigenvalue weighted by Gasteiger charge is -2.14. The van der Waals surface area contributed by atoms with Crippen molar-refractivity contribution < 1.29 is 35.9 Å². The van der Waals surface area contributed by atoms with Gasteiger partial charge in [0.25, 0.3) is 10.0 Å². The molecule has 0 amide bonds. The Balaban J connectivity index is 1.52. The topological polar surface area (TPSA) is 96.4 Å². The van der Waals surface area contributed by atoms with Crippen LogP contribution in [0.3, 0.4) is 0 Å². The summed E-state index contributed by atoms with van der Waals surface area (Å²) in [6.07, 6.45) is -4.50. The number of fused-ring (bicyclic) bond motifs is 1. The van der Waals surface area contributed by atoms with Crippen molar-refractivity contribution in [3.8, 4) is 21.7 Å². The number of sulfonamides is 1. The van der Waals surface area contributed by atoms with Crippen molar-refractivity contribution in [3.05, 3.63) is 102 Å². The molecule has 0 bridgehead atoms. The minimum atomic E-state index is -4.50. The number of carbonyl (C=O) groups is 1. The van der Waals surface area contributed by atoms with Gasteiger partial charge in [-0.1, -0.05) is 42.5 Å². The molecule has 5 aromatic rings. The van der Waals surface area contributed by atoms with Crippen LogP contribution in [0.4, 0.5) is 23.2 Å². The van der Waals surface area contributed by atoms with E-state index in [4.69, 9.17) is 0 Å². The lowest BCUT2D eigenvalue weighted by molar-refractivity contribution is -0.137. The lowest BCUT2D eigenvalue weighted by Crippen LogP contribution is -2.13. The van der Waals surface area contributed by atoms with Gasteiger partial charge in [0.1, 0.15) is 10.8 Å². The van der Waals surface area contributed by atoms with Crippen LogP contribution in [-0.2, 0) is 16.2 Å². The Labute approximate surface area is 229 Å². The van der Waals surface area contributed by atoms with Crippen LogP contribution in [0.25, 0.3) is 32.5 Å². The highest BCUT2D eigenvalue weighted by Crippen LogP contribution is 2.38. The Morgan fingerprint density at radius 3 is 2.25 bits per heavy atom. The van der Waals surface area contributed by atoms with Crippen LogP contribution in [-0.4, -0.2) is 24.5 Å². The molecule has 0 saturated heterocycles. The molecule has 1 aromatic heterocycles. The molecule has 0 aliphatic heterocycles. The van der Waals surface area contributed by atoms with Crippen molar-refractivity contribution in [1.82, 2.24) is 4.98 Å². The SMILES string of the molecule is Cc1nc(-c2ccc(C(F)(F)F)cc2)sc1S(=O)(=O)Nc1ccc(-c2cc(C(=O)O)ccc2F)c2ccccc12. The molecule has 0 saturated carbocycles. The van der Waals surface area contributed by atoms with E-state index in [0.717, 1.165) is 35.6 Å². The molecule has 0 atom stereocenters. The van der Waals surface area contributed by atoms with Crippen molar-refractivity contribution >= 4 is 43.8 Å². The molecule has 5 rings (SSSR count). The summed E-state index contributed by atoms with van der Waals surface area (Å²) >= 11 is 0.816. The molecule has 0 fully saturated rings. The fourth-order valence-electron chi connectivity index (χ4n) is 4.24. The van der Waals surface area contributed by atoms with Gasteiger partial charge in [0.15, 0.2) is 4.21 Å². The summed E-state index contributed by atoms with van der Waals surface area (Å²) in [6.45, 7) is 1.48. The van der Waals surface area contributed by atoms with Crippen LogP contribution in [0.1, 0.15) is 21.6 Å². The number of anilines is 1. The van der Waals surface area contributed by atoms with Gasteiger partial charge in [0, 0.05) is 16.5 Å². The van der Waals surface area contributed by atoms with Crippen LogP contribution < -0.4 is 4.72 Å². The number of hydrogen-bond acceptors (Lipinski definition) is 5. The standard InChI is InChI=1S/C28H18F4N2O4S2/c1-15-27(39-25(33-15)16-6-9-18(10-7-16)28(30,31)32)40(37,38)34-24-13-11-20(19-4-2-3-5-21(19)24)22-14-17(26(35)36)8-12-23(22)29/h2-14,34H,1H3,(H,35,36). The number of nitrogens with one attached hydrogen (secondary N) is 1. The van der Waals surface area contributed by atoms with Crippen molar-refractivity contribution in [3.63, 3.8) is 0 Å². The third kappa shape index (κ3) is 5.15. The van der Waals surface area contributed by atoms with E-state index in [-0.39, 0.29) is 31.7 Å². The van der Waals surface area contributed by atoms with Gasteiger partial charge in [-0.3, -0.25) is 4.72 Å². The minimum absolute atomic E-state index is 0.0463. The number of aromatic nitrogens is 1. The molecule has 12 heteroatoms. The summed E-state index contributed by atoms with van der Waals surface area (Å²) in [5.74, 6) is -1.86. The normalized spacial score (nSPS) is 12.0. The number of carboxylic acid groups (broad SMARTS) is 1. The first-order chi connectivity index (χ1) is 18.8. The van der Waals surface area contributed by atoms with Crippen LogP contribution >= 0.6 is 11.3 Å². The van der Waals surface area contributed by atoms with Crippen molar-refractivity contribution in [2.75, 3.05) is 4.72 Å². The molecular formula is C28H18F4N2O4S2. The van der Waals surface area contributed by atoms with E-state index < -0.39 is 33.5 Å². The zero-order valence-electron chi connectivity index (χ0n) is 20.5. The number of aromatic carboxylic acids is 1. The maximum absolute atomic E-state index is 14.7. The first kappa shape index (κ1) is 27.3. The highest BCUT2D eigenvalue weighted by atomic mass is 32.2. The number of carboxylic acids is 1. The predicted octanol–water partition coefficient (Wildman–Crippen LogP) is 7.60. The monoisotopic (exact) mass is 586 g/mol. The predicted molar refractivity (Wildman–Crippen MR) is 144 cm³/mol. The highest BCUT2D eigenvalue weighted by Gasteiger charge is 2.30. The Kier molecular flexibility index (Phi) is 6.84. The van der Waals surface area contributed by atoms with Gasteiger partial charge in [0.05, 0.1) is 22.5 Å². The largest absolute Gasteiger partial charge is 0.478 e. The fraction of sp³-hybridized carbons (Fsp3) is 0.0714. The molecule has 6 nitrogen and oxygen atoms in total. The minimum Gasteiger partial charge on any atom is -0.478 e. The number of aryl methyl sites for hydroxylation is 1. The van der Waals surface area contributed by atoms with E-state index in [9.17, 15) is 35.9 Å². The Morgan fingerprint density at radius 1 is 0.925 bits per heavy atom. The molecule has 0 aliphatic rings. The van der Waals surface area contributed by atoms with Crippen molar-refractivity contribution in [2.45, 2.75) is 17.3 Å². The second-order valence-electron chi connectivity index (χ2n) is 8.78. The van der Waals surface area contributed by atoms with Gasteiger partial charge < -0.3 is 5.11 Å². The zero-order chi connectivity index (χ0) is 28.8. The summed E-state index contributed by atoms with van der Waals surface area (Å²) in [5, 5.41) is 10.5. The Morgan fingerprint density at radius 2 is 1.60 bits per heavy atom. The fourth-order valence-corrected chi connectivity index (χ4v) is 6.84. The summed E-state index contributed by atoms with van der Waals surface area (Å²) in [6, 6.07) is 17.3. The summed E-state index contributed by atoms with van der Waals surface area (Å²) in [4.78, 5) is 15.7. The number of nitrogens with zero attached hydrogens (tertiary/aromatic N) is 1. The second-order valence-corrected chi connectivity index (χ2v) is 11.7. The number of rotatable bonds is 6. The van der Waals surface area contributed by atoms with Gasteiger partial charge in [0.2, 0.25) is 0 Å². The van der Waals surface area contributed by atoms with Crippen LogP contribution in [0.15, 0.2) is 83.1 Å². The van der Waals surface area contributed by atoms with Crippen molar-refractivity contribution in [2.24, 2.45) is 0 Å². The van der Waals surface area contributed by atoms with Crippen LogP contribution in [0.5, 0.6) is 0 Å². The second kappa shape index (κ2) is 10.0. The first-order valence-corrected chi connectivity index (χ1v) is 13.9. The summed E-state index contributed by atoms with van der Waals surface area (Å²) in [5.41, 5.74) is 0.184. The van der Waals surface area contributed by atoms with Gasteiger partial charge in [-0.25, -0.2) is 22.6 Å². The average Bonchev–Trinajstić information content (AvgIpc) is 3.31. The molecule has 0 aliphatic carbocycles. The van der Waals surface area contributed by atoms with E-state index >= 15 is 0 Å². The quantitative estimate of drug-likeness (QED) is 0.200.